The zero-order valence-electron chi connectivity index (χ0n) is 10.8. The second-order valence-electron chi connectivity index (χ2n) is 4.57. The molecule has 0 saturated heterocycles. The Morgan fingerprint density at radius 1 is 1.25 bits per heavy atom. The van der Waals surface area contributed by atoms with Crippen molar-refractivity contribution in [2.45, 2.75) is 13.8 Å². The van der Waals surface area contributed by atoms with Crippen molar-refractivity contribution in [1.29, 1.82) is 0 Å². The molecule has 1 aromatic carbocycles. The zero-order valence-corrected chi connectivity index (χ0v) is 12.4. The van der Waals surface area contributed by atoms with Gasteiger partial charge in [-0.3, -0.25) is 4.79 Å². The van der Waals surface area contributed by atoms with Crippen molar-refractivity contribution < 1.29 is 13.6 Å². The number of halogens is 2. The van der Waals surface area contributed by atoms with Gasteiger partial charge in [-0.05, 0) is 38.1 Å². The topological polar surface area (TPSA) is 30.2 Å². The summed E-state index contributed by atoms with van der Waals surface area (Å²) < 4.78 is 19.1. The number of aryl methyl sites for hydroxylation is 2. The average molecular weight is 309 g/mol. The average Bonchev–Trinajstić information content (AvgIpc) is 2.92. The largest absolute Gasteiger partial charge is 0.449 e. The molecule has 20 heavy (non-hydrogen) atoms. The summed E-state index contributed by atoms with van der Waals surface area (Å²) in [7, 11) is 0. The van der Waals surface area contributed by atoms with Crippen LogP contribution < -0.4 is 0 Å². The zero-order chi connectivity index (χ0) is 14.4. The first-order chi connectivity index (χ1) is 9.45. The van der Waals surface area contributed by atoms with Crippen LogP contribution in [-0.2, 0) is 0 Å². The molecule has 3 aromatic rings. The lowest BCUT2D eigenvalue weighted by Gasteiger charge is -1.95. The molecule has 2 heterocycles. The van der Waals surface area contributed by atoms with E-state index < -0.39 is 5.82 Å². The Bertz CT molecular complexity index is 832. The second-order valence-corrected chi connectivity index (χ2v) is 6.47. The van der Waals surface area contributed by atoms with E-state index in [0.717, 1.165) is 9.75 Å². The number of carbonyl (C=O) groups excluding carboxylic acids is 1. The van der Waals surface area contributed by atoms with Gasteiger partial charge in [0.25, 0.3) is 0 Å². The molecule has 0 atom stereocenters. The number of benzene rings is 1. The number of hydrogen-bond acceptors (Lipinski definition) is 3. The van der Waals surface area contributed by atoms with Crippen molar-refractivity contribution in [3.63, 3.8) is 0 Å². The predicted octanol–water partition coefficient (Wildman–Crippen LogP) is 5.13. The summed E-state index contributed by atoms with van der Waals surface area (Å²) >= 11 is 7.34. The van der Waals surface area contributed by atoms with Gasteiger partial charge in [0, 0.05) is 25.7 Å². The van der Waals surface area contributed by atoms with Crippen LogP contribution in [0.1, 0.15) is 25.9 Å². The van der Waals surface area contributed by atoms with Gasteiger partial charge in [0.15, 0.2) is 17.2 Å². The first kappa shape index (κ1) is 13.3. The van der Waals surface area contributed by atoms with E-state index in [1.165, 1.54) is 12.1 Å². The Morgan fingerprint density at radius 2 is 2.00 bits per heavy atom. The van der Waals surface area contributed by atoms with Crippen molar-refractivity contribution >= 4 is 39.7 Å². The van der Waals surface area contributed by atoms with Crippen molar-refractivity contribution in [3.05, 3.63) is 56.2 Å². The molecule has 0 amide bonds. The molecule has 3 rings (SSSR count). The van der Waals surface area contributed by atoms with Gasteiger partial charge < -0.3 is 4.42 Å². The lowest BCUT2D eigenvalue weighted by atomic mass is 10.1. The Morgan fingerprint density at radius 3 is 2.65 bits per heavy atom. The minimum absolute atomic E-state index is 0.0577. The third kappa shape index (κ3) is 2.15. The number of fused-ring (bicyclic) bond motifs is 1. The van der Waals surface area contributed by atoms with Gasteiger partial charge in [-0.1, -0.05) is 11.6 Å². The molecule has 102 valence electrons. The first-order valence-electron chi connectivity index (χ1n) is 5.96. The van der Waals surface area contributed by atoms with Gasteiger partial charge in [-0.25, -0.2) is 4.39 Å². The van der Waals surface area contributed by atoms with Crippen LogP contribution in [0.25, 0.3) is 11.0 Å². The van der Waals surface area contributed by atoms with E-state index in [0.29, 0.717) is 10.9 Å². The van der Waals surface area contributed by atoms with Crippen LogP contribution in [0.5, 0.6) is 0 Å². The Hall–Kier alpha value is -1.65. The van der Waals surface area contributed by atoms with E-state index in [-0.39, 0.29) is 22.1 Å². The van der Waals surface area contributed by atoms with E-state index in [4.69, 9.17) is 16.0 Å². The van der Waals surface area contributed by atoms with Crippen LogP contribution >= 0.6 is 22.9 Å². The third-order valence-electron chi connectivity index (χ3n) is 3.05. The third-order valence-corrected chi connectivity index (χ3v) is 4.23. The maximum absolute atomic E-state index is 13.7. The lowest BCUT2D eigenvalue weighted by molar-refractivity contribution is 0.101. The first-order valence-corrected chi connectivity index (χ1v) is 7.15. The molecule has 5 heteroatoms. The summed E-state index contributed by atoms with van der Waals surface area (Å²) in [6.45, 7) is 3.82. The summed E-state index contributed by atoms with van der Waals surface area (Å²) in [5, 5.41) is 0.764. The smallest absolute Gasteiger partial charge is 0.229 e. The highest BCUT2D eigenvalue weighted by Gasteiger charge is 2.19. The van der Waals surface area contributed by atoms with Crippen LogP contribution in [-0.4, -0.2) is 5.78 Å². The minimum atomic E-state index is -0.565. The van der Waals surface area contributed by atoms with E-state index in [2.05, 4.69) is 0 Å². The molecule has 2 aromatic heterocycles. The molecule has 0 aliphatic carbocycles. The Labute approximate surface area is 123 Å². The molecule has 0 fully saturated rings. The fraction of sp³-hybridized carbons (Fsp3) is 0.133. The van der Waals surface area contributed by atoms with Crippen LogP contribution in [0.3, 0.4) is 0 Å². The van der Waals surface area contributed by atoms with Crippen molar-refractivity contribution in [2.75, 3.05) is 0 Å². The number of furan rings is 1. The van der Waals surface area contributed by atoms with Gasteiger partial charge in [0.2, 0.25) is 5.78 Å². The standard InChI is InChI=1S/C15H10ClFO2S/c1-7-3-11(8(2)20-7)14(18)13-5-9-4-10(16)6-12(17)15(9)19-13/h3-6H,1-2H3. The summed E-state index contributed by atoms with van der Waals surface area (Å²) in [5.74, 6) is -0.676. The summed E-state index contributed by atoms with van der Waals surface area (Å²) in [6.07, 6.45) is 0. The van der Waals surface area contributed by atoms with Crippen LogP contribution in [0, 0.1) is 19.7 Å². The normalized spacial score (nSPS) is 11.2. The molecular weight excluding hydrogens is 299 g/mol. The summed E-state index contributed by atoms with van der Waals surface area (Å²) in [4.78, 5) is 14.4. The number of hydrogen-bond donors (Lipinski definition) is 0. The van der Waals surface area contributed by atoms with Gasteiger partial charge in [0.05, 0.1) is 0 Å². The van der Waals surface area contributed by atoms with E-state index >= 15 is 0 Å². The fourth-order valence-corrected chi connectivity index (χ4v) is 3.31. The second kappa shape index (κ2) is 4.72. The van der Waals surface area contributed by atoms with E-state index in [1.54, 1.807) is 17.4 Å². The van der Waals surface area contributed by atoms with Gasteiger partial charge in [0.1, 0.15) is 0 Å². The molecule has 0 saturated carbocycles. The van der Waals surface area contributed by atoms with Gasteiger partial charge >= 0.3 is 0 Å². The lowest BCUT2D eigenvalue weighted by Crippen LogP contribution is -1.99. The minimum Gasteiger partial charge on any atom is -0.449 e. The summed E-state index contributed by atoms with van der Waals surface area (Å²) in [6, 6.07) is 6.09. The van der Waals surface area contributed by atoms with Crippen molar-refractivity contribution in [1.82, 2.24) is 0 Å². The van der Waals surface area contributed by atoms with E-state index in [1.807, 2.05) is 19.9 Å². The van der Waals surface area contributed by atoms with Crippen LogP contribution in [0.15, 0.2) is 28.7 Å². The van der Waals surface area contributed by atoms with E-state index in [9.17, 15) is 9.18 Å². The maximum Gasteiger partial charge on any atom is 0.229 e. The molecule has 0 N–H and O–H groups in total. The highest BCUT2D eigenvalue weighted by Crippen LogP contribution is 2.29. The SMILES string of the molecule is Cc1cc(C(=O)c2cc3cc(Cl)cc(F)c3o2)c(C)s1. The quantitative estimate of drug-likeness (QED) is 0.614. The Kier molecular flexibility index (Phi) is 3.15. The van der Waals surface area contributed by atoms with Gasteiger partial charge in [-0.15, -0.1) is 11.3 Å². The predicted molar refractivity (Wildman–Crippen MR) is 78.4 cm³/mol. The maximum atomic E-state index is 13.7. The fourth-order valence-electron chi connectivity index (χ4n) is 2.18. The number of ketones is 1. The molecule has 0 unspecified atom stereocenters. The number of carbonyl (C=O) groups is 1. The van der Waals surface area contributed by atoms with Crippen molar-refractivity contribution in [3.8, 4) is 0 Å². The van der Waals surface area contributed by atoms with Crippen LogP contribution in [0.4, 0.5) is 4.39 Å². The molecule has 0 aliphatic heterocycles. The number of thiophene rings is 1. The Balaban J connectivity index is 2.13. The molecule has 2 nitrogen and oxygen atoms in total. The molecule has 0 radical (unpaired) electrons. The highest BCUT2D eigenvalue weighted by atomic mass is 35.5. The highest BCUT2D eigenvalue weighted by molar-refractivity contribution is 7.12. The van der Waals surface area contributed by atoms with Gasteiger partial charge in [-0.2, -0.15) is 0 Å². The number of rotatable bonds is 2. The molecular formula is C15H10ClFO2S. The summed E-state index contributed by atoms with van der Waals surface area (Å²) in [5.41, 5.74) is 0.653. The van der Waals surface area contributed by atoms with Crippen LogP contribution in [0.2, 0.25) is 5.02 Å². The monoisotopic (exact) mass is 308 g/mol. The van der Waals surface area contributed by atoms with Crippen molar-refractivity contribution in [2.24, 2.45) is 0 Å². The molecule has 0 aliphatic rings. The molecule has 0 spiro atoms. The molecule has 0 bridgehead atoms.